The minimum Gasteiger partial charge on any atom is -0.342 e. The summed E-state index contributed by atoms with van der Waals surface area (Å²) < 4.78 is 0. The highest BCUT2D eigenvalue weighted by atomic mass is 32.1. The zero-order valence-electron chi connectivity index (χ0n) is 16.4. The van der Waals surface area contributed by atoms with Gasteiger partial charge in [-0.15, -0.1) is 11.3 Å². The minimum atomic E-state index is 0.153. The van der Waals surface area contributed by atoms with Crippen LogP contribution in [0, 0.1) is 12.3 Å². The topological polar surface area (TPSA) is 53.5 Å². The highest BCUT2D eigenvalue weighted by molar-refractivity contribution is 7.10. The van der Waals surface area contributed by atoms with Crippen molar-refractivity contribution in [2.45, 2.75) is 39.0 Å². The Kier molecular flexibility index (Phi) is 5.49. The van der Waals surface area contributed by atoms with Crippen molar-refractivity contribution < 1.29 is 9.59 Å². The molecule has 148 valence electrons. The van der Waals surface area contributed by atoms with Gasteiger partial charge in [-0.25, -0.2) is 0 Å². The lowest BCUT2D eigenvalue weighted by molar-refractivity contribution is -0.138. The lowest BCUT2D eigenvalue weighted by atomic mass is 9.72. The maximum atomic E-state index is 12.7. The summed E-state index contributed by atoms with van der Waals surface area (Å²) in [6.07, 6.45) is 8.03. The van der Waals surface area contributed by atoms with E-state index in [0.29, 0.717) is 6.42 Å². The number of amides is 2. The molecule has 0 N–H and O–H groups in total. The SMILES string of the molecule is Cc1cc(C(=O)N2CCC3(CCC(=O)N(CCc4ccncc4)C3)CC2)cs1. The van der Waals surface area contributed by atoms with Gasteiger partial charge in [0.1, 0.15) is 0 Å². The number of aryl methyl sites for hydroxylation is 1. The van der Waals surface area contributed by atoms with Crippen LogP contribution in [0.1, 0.15) is 46.5 Å². The summed E-state index contributed by atoms with van der Waals surface area (Å²) in [7, 11) is 0. The van der Waals surface area contributed by atoms with E-state index in [4.69, 9.17) is 0 Å². The van der Waals surface area contributed by atoms with E-state index in [-0.39, 0.29) is 17.2 Å². The maximum Gasteiger partial charge on any atom is 0.254 e. The second-order valence-electron chi connectivity index (χ2n) is 8.16. The zero-order valence-corrected chi connectivity index (χ0v) is 17.2. The van der Waals surface area contributed by atoms with E-state index in [1.807, 2.05) is 40.3 Å². The fourth-order valence-electron chi connectivity index (χ4n) is 4.45. The molecule has 0 unspecified atom stereocenters. The summed E-state index contributed by atoms with van der Waals surface area (Å²) in [5.41, 5.74) is 2.21. The summed E-state index contributed by atoms with van der Waals surface area (Å²) in [6, 6.07) is 6.01. The number of carbonyl (C=O) groups excluding carboxylic acids is 2. The second kappa shape index (κ2) is 8.03. The molecule has 28 heavy (non-hydrogen) atoms. The number of rotatable bonds is 4. The molecule has 0 radical (unpaired) electrons. The maximum absolute atomic E-state index is 12.7. The largest absolute Gasteiger partial charge is 0.342 e. The van der Waals surface area contributed by atoms with Gasteiger partial charge in [-0.05, 0) is 61.8 Å². The molecule has 2 aliphatic heterocycles. The fourth-order valence-corrected chi connectivity index (χ4v) is 5.13. The molecule has 4 heterocycles. The predicted octanol–water partition coefficient (Wildman–Crippen LogP) is 3.54. The van der Waals surface area contributed by atoms with E-state index in [1.54, 1.807) is 23.7 Å². The molecule has 6 heteroatoms. The number of likely N-dealkylation sites (tertiary alicyclic amines) is 2. The Hall–Kier alpha value is -2.21. The molecule has 2 amide bonds. The van der Waals surface area contributed by atoms with Crippen LogP contribution in [0.2, 0.25) is 0 Å². The highest BCUT2D eigenvalue weighted by Gasteiger charge is 2.41. The van der Waals surface area contributed by atoms with Crippen LogP contribution in [-0.2, 0) is 11.2 Å². The first-order valence-corrected chi connectivity index (χ1v) is 10.9. The standard InChI is InChI=1S/C22H27N3O2S/c1-17-14-19(15-28-17)21(27)24-12-7-22(8-13-24)6-2-20(26)25(16-22)11-5-18-3-9-23-10-4-18/h3-4,9-10,14-15H,2,5-8,11-13,16H2,1H3. The first-order valence-electron chi connectivity index (χ1n) is 10.1. The molecule has 2 saturated heterocycles. The van der Waals surface area contributed by atoms with Crippen molar-refractivity contribution in [1.82, 2.24) is 14.8 Å². The van der Waals surface area contributed by atoms with E-state index < -0.39 is 0 Å². The van der Waals surface area contributed by atoms with Crippen molar-refractivity contribution >= 4 is 23.2 Å². The molecule has 0 atom stereocenters. The Bertz CT molecular complexity index is 840. The monoisotopic (exact) mass is 397 g/mol. The molecule has 0 aliphatic carbocycles. The van der Waals surface area contributed by atoms with Crippen molar-refractivity contribution in [1.29, 1.82) is 0 Å². The molecule has 0 saturated carbocycles. The third-order valence-corrected chi connectivity index (χ3v) is 7.12. The Morgan fingerprint density at radius 3 is 2.64 bits per heavy atom. The number of aromatic nitrogens is 1. The summed E-state index contributed by atoms with van der Waals surface area (Å²) >= 11 is 1.63. The molecule has 5 nitrogen and oxygen atoms in total. The molecule has 2 aromatic rings. The number of carbonyl (C=O) groups is 2. The van der Waals surface area contributed by atoms with Crippen molar-refractivity contribution in [3.05, 3.63) is 52.0 Å². The van der Waals surface area contributed by atoms with E-state index in [1.165, 1.54) is 10.4 Å². The Morgan fingerprint density at radius 2 is 1.96 bits per heavy atom. The van der Waals surface area contributed by atoms with E-state index in [9.17, 15) is 9.59 Å². The number of piperidine rings is 2. The Balaban J connectivity index is 1.35. The van der Waals surface area contributed by atoms with Crippen LogP contribution in [0.5, 0.6) is 0 Å². The van der Waals surface area contributed by atoms with Crippen molar-refractivity contribution in [2.24, 2.45) is 5.41 Å². The molecule has 2 aromatic heterocycles. The molecular formula is C22H27N3O2S. The van der Waals surface area contributed by atoms with Crippen molar-refractivity contribution in [3.8, 4) is 0 Å². The Morgan fingerprint density at radius 1 is 1.21 bits per heavy atom. The predicted molar refractivity (Wildman–Crippen MR) is 110 cm³/mol. The first kappa shape index (κ1) is 19.1. The number of nitrogens with zero attached hydrogens (tertiary/aromatic N) is 3. The summed E-state index contributed by atoms with van der Waals surface area (Å²) in [6.45, 7) is 5.21. The van der Waals surface area contributed by atoms with Gasteiger partial charge in [0.2, 0.25) is 5.91 Å². The van der Waals surface area contributed by atoms with Gasteiger partial charge in [-0.1, -0.05) is 0 Å². The van der Waals surface area contributed by atoms with Crippen LogP contribution in [0.15, 0.2) is 36.0 Å². The van der Waals surface area contributed by atoms with Gasteiger partial charge in [-0.2, -0.15) is 0 Å². The molecule has 1 spiro atoms. The quantitative estimate of drug-likeness (QED) is 0.793. The number of hydrogen-bond acceptors (Lipinski definition) is 4. The van der Waals surface area contributed by atoms with E-state index >= 15 is 0 Å². The lowest BCUT2D eigenvalue weighted by Crippen LogP contribution is -2.52. The summed E-state index contributed by atoms with van der Waals surface area (Å²) in [5, 5.41) is 1.96. The number of hydrogen-bond donors (Lipinski definition) is 0. The summed E-state index contributed by atoms with van der Waals surface area (Å²) in [4.78, 5) is 34.4. The highest BCUT2D eigenvalue weighted by Crippen LogP contribution is 2.40. The first-order chi connectivity index (χ1) is 13.5. The van der Waals surface area contributed by atoms with Crippen molar-refractivity contribution in [3.63, 3.8) is 0 Å². The van der Waals surface area contributed by atoms with Gasteiger partial charge in [0.05, 0.1) is 5.56 Å². The van der Waals surface area contributed by atoms with Crippen LogP contribution >= 0.6 is 11.3 Å². The van der Waals surface area contributed by atoms with Gasteiger partial charge < -0.3 is 9.80 Å². The smallest absolute Gasteiger partial charge is 0.254 e. The average molecular weight is 398 g/mol. The van der Waals surface area contributed by atoms with Crippen LogP contribution in [0.4, 0.5) is 0 Å². The molecule has 0 bridgehead atoms. The van der Waals surface area contributed by atoms with Crippen LogP contribution in [0.3, 0.4) is 0 Å². The third-order valence-electron chi connectivity index (χ3n) is 6.26. The molecule has 0 aromatic carbocycles. The van der Waals surface area contributed by atoms with Crippen LogP contribution < -0.4 is 0 Å². The number of pyridine rings is 1. The average Bonchev–Trinajstić information content (AvgIpc) is 3.16. The van der Waals surface area contributed by atoms with Gasteiger partial charge in [0, 0.05) is 55.3 Å². The van der Waals surface area contributed by atoms with Gasteiger partial charge in [0.25, 0.3) is 5.91 Å². The third kappa shape index (κ3) is 4.12. The molecule has 2 fully saturated rings. The number of thiophene rings is 1. The normalized spacial score (nSPS) is 19.2. The fraction of sp³-hybridized carbons (Fsp3) is 0.500. The van der Waals surface area contributed by atoms with Gasteiger partial charge in [0.15, 0.2) is 0 Å². The molecule has 2 aliphatic rings. The molecular weight excluding hydrogens is 370 g/mol. The van der Waals surface area contributed by atoms with Gasteiger partial charge in [-0.3, -0.25) is 14.6 Å². The Labute approximate surface area is 170 Å². The second-order valence-corrected chi connectivity index (χ2v) is 9.27. The van der Waals surface area contributed by atoms with E-state index in [2.05, 4.69) is 4.98 Å². The van der Waals surface area contributed by atoms with Crippen LogP contribution in [0.25, 0.3) is 0 Å². The van der Waals surface area contributed by atoms with Crippen molar-refractivity contribution in [2.75, 3.05) is 26.2 Å². The van der Waals surface area contributed by atoms with E-state index in [0.717, 1.165) is 57.4 Å². The van der Waals surface area contributed by atoms with Gasteiger partial charge >= 0.3 is 0 Å². The minimum absolute atomic E-state index is 0.153. The molecule has 4 rings (SSSR count). The lowest BCUT2D eigenvalue weighted by Gasteiger charge is -2.47. The summed E-state index contributed by atoms with van der Waals surface area (Å²) in [5.74, 6) is 0.424. The van der Waals surface area contributed by atoms with Crippen LogP contribution in [-0.4, -0.2) is 52.8 Å². The zero-order chi connectivity index (χ0) is 19.6.